The molecular weight excluding hydrogens is 122 g/mol. The van der Waals surface area contributed by atoms with Gasteiger partial charge in [0.1, 0.15) is 0 Å². The van der Waals surface area contributed by atoms with Crippen LogP contribution in [0.5, 0.6) is 0 Å². The van der Waals surface area contributed by atoms with E-state index in [-0.39, 0.29) is 0 Å². The summed E-state index contributed by atoms with van der Waals surface area (Å²) in [5, 5.41) is 0. The van der Waals surface area contributed by atoms with Gasteiger partial charge in [-0.25, -0.2) is 0 Å². The minimum Gasteiger partial charge on any atom is -0.303 e. The summed E-state index contributed by atoms with van der Waals surface area (Å²) in [4.78, 5) is 2.36. The van der Waals surface area contributed by atoms with E-state index >= 15 is 0 Å². The van der Waals surface area contributed by atoms with E-state index < -0.39 is 0 Å². The lowest BCUT2D eigenvalue weighted by molar-refractivity contribution is 0.257. The molecule has 0 amide bonds. The molecule has 0 saturated carbocycles. The van der Waals surface area contributed by atoms with Crippen molar-refractivity contribution in [2.45, 2.75) is 32.7 Å². The highest BCUT2D eigenvalue weighted by Gasteiger charge is 2.03. The molecule has 0 aromatic heterocycles. The zero-order valence-corrected chi connectivity index (χ0v) is 7.43. The maximum atomic E-state index is 3.69. The average molecular weight is 141 g/mol. The second-order valence-corrected chi connectivity index (χ2v) is 2.82. The zero-order valence-electron chi connectivity index (χ0n) is 7.43. The molecule has 0 bridgehead atoms. The SMILES string of the molecule is C=CCCN(C)C(C)CC. The van der Waals surface area contributed by atoms with E-state index in [0.29, 0.717) is 6.04 Å². The normalized spacial score (nSPS) is 13.6. The Labute approximate surface area is 64.7 Å². The van der Waals surface area contributed by atoms with Gasteiger partial charge in [-0.05, 0) is 26.8 Å². The number of rotatable bonds is 5. The van der Waals surface area contributed by atoms with Crippen LogP contribution >= 0.6 is 0 Å². The Morgan fingerprint density at radius 3 is 2.60 bits per heavy atom. The topological polar surface area (TPSA) is 3.24 Å². The van der Waals surface area contributed by atoms with E-state index in [9.17, 15) is 0 Å². The lowest BCUT2D eigenvalue weighted by atomic mass is 10.2. The summed E-state index contributed by atoms with van der Waals surface area (Å²) >= 11 is 0. The van der Waals surface area contributed by atoms with Gasteiger partial charge in [-0.2, -0.15) is 0 Å². The molecule has 1 atom stereocenters. The molecule has 0 N–H and O–H groups in total. The van der Waals surface area contributed by atoms with Crippen molar-refractivity contribution >= 4 is 0 Å². The van der Waals surface area contributed by atoms with Crippen molar-refractivity contribution in [3.05, 3.63) is 12.7 Å². The van der Waals surface area contributed by atoms with E-state index in [4.69, 9.17) is 0 Å². The summed E-state index contributed by atoms with van der Waals surface area (Å²) in [5.41, 5.74) is 0. The highest BCUT2D eigenvalue weighted by molar-refractivity contribution is 4.70. The van der Waals surface area contributed by atoms with Gasteiger partial charge >= 0.3 is 0 Å². The third-order valence-electron chi connectivity index (χ3n) is 2.03. The summed E-state index contributed by atoms with van der Waals surface area (Å²) < 4.78 is 0. The summed E-state index contributed by atoms with van der Waals surface area (Å²) in [6.07, 6.45) is 4.30. The highest BCUT2D eigenvalue weighted by Crippen LogP contribution is 2.00. The first-order valence-electron chi connectivity index (χ1n) is 4.03. The van der Waals surface area contributed by atoms with Crippen LogP contribution in [0.4, 0.5) is 0 Å². The fourth-order valence-corrected chi connectivity index (χ4v) is 0.827. The van der Waals surface area contributed by atoms with Crippen molar-refractivity contribution in [1.82, 2.24) is 4.90 Å². The average Bonchev–Trinajstić information content (AvgIpc) is 1.98. The van der Waals surface area contributed by atoms with Gasteiger partial charge in [-0.15, -0.1) is 6.58 Å². The summed E-state index contributed by atoms with van der Waals surface area (Å²) in [6, 6.07) is 0.708. The first-order valence-corrected chi connectivity index (χ1v) is 4.03. The molecule has 60 valence electrons. The van der Waals surface area contributed by atoms with Crippen LogP contribution < -0.4 is 0 Å². The van der Waals surface area contributed by atoms with Crippen molar-refractivity contribution in [2.24, 2.45) is 0 Å². The van der Waals surface area contributed by atoms with Gasteiger partial charge in [-0.3, -0.25) is 0 Å². The van der Waals surface area contributed by atoms with Gasteiger partial charge in [-0.1, -0.05) is 13.0 Å². The van der Waals surface area contributed by atoms with Gasteiger partial charge in [0, 0.05) is 12.6 Å². The fourth-order valence-electron chi connectivity index (χ4n) is 0.827. The number of nitrogens with zero attached hydrogens (tertiary/aromatic N) is 1. The Hall–Kier alpha value is -0.300. The molecule has 0 fully saturated rings. The Kier molecular flexibility index (Phi) is 5.32. The predicted octanol–water partition coefficient (Wildman–Crippen LogP) is 2.29. The van der Waals surface area contributed by atoms with E-state index in [0.717, 1.165) is 13.0 Å². The van der Waals surface area contributed by atoms with Crippen LogP contribution in [0.3, 0.4) is 0 Å². The minimum atomic E-state index is 0.708. The third kappa shape index (κ3) is 3.67. The molecule has 0 heterocycles. The second kappa shape index (κ2) is 5.48. The first-order chi connectivity index (χ1) is 4.72. The van der Waals surface area contributed by atoms with Crippen LogP contribution in [0.1, 0.15) is 26.7 Å². The van der Waals surface area contributed by atoms with E-state index in [1.807, 2.05) is 6.08 Å². The van der Waals surface area contributed by atoms with Gasteiger partial charge in [0.2, 0.25) is 0 Å². The molecule has 10 heavy (non-hydrogen) atoms. The summed E-state index contributed by atoms with van der Waals surface area (Å²) in [6.45, 7) is 9.30. The monoisotopic (exact) mass is 141 g/mol. The Bertz CT molecular complexity index is 88.7. The van der Waals surface area contributed by atoms with E-state index in [1.165, 1.54) is 6.42 Å². The van der Waals surface area contributed by atoms with Crippen molar-refractivity contribution < 1.29 is 0 Å². The third-order valence-corrected chi connectivity index (χ3v) is 2.03. The van der Waals surface area contributed by atoms with Crippen molar-refractivity contribution in [1.29, 1.82) is 0 Å². The smallest absolute Gasteiger partial charge is 0.00613 e. The Morgan fingerprint density at radius 1 is 1.60 bits per heavy atom. The van der Waals surface area contributed by atoms with Crippen LogP contribution in [0.15, 0.2) is 12.7 Å². The molecule has 0 aliphatic heterocycles. The lowest BCUT2D eigenvalue weighted by Crippen LogP contribution is -2.28. The number of hydrogen-bond acceptors (Lipinski definition) is 1. The van der Waals surface area contributed by atoms with Gasteiger partial charge in [0.25, 0.3) is 0 Å². The molecule has 0 spiro atoms. The summed E-state index contributed by atoms with van der Waals surface area (Å²) in [7, 11) is 2.16. The van der Waals surface area contributed by atoms with Gasteiger partial charge in [0.05, 0.1) is 0 Å². The molecule has 1 heteroatoms. The Balaban J connectivity index is 3.40. The lowest BCUT2D eigenvalue weighted by Gasteiger charge is -2.22. The first kappa shape index (κ1) is 9.70. The van der Waals surface area contributed by atoms with E-state index in [1.54, 1.807) is 0 Å². The summed E-state index contributed by atoms with van der Waals surface area (Å²) in [5.74, 6) is 0. The van der Waals surface area contributed by atoms with Crippen LogP contribution in [-0.2, 0) is 0 Å². The van der Waals surface area contributed by atoms with Crippen molar-refractivity contribution in [3.8, 4) is 0 Å². The Morgan fingerprint density at radius 2 is 2.20 bits per heavy atom. The molecule has 0 radical (unpaired) electrons. The fraction of sp³-hybridized carbons (Fsp3) is 0.778. The van der Waals surface area contributed by atoms with E-state index in [2.05, 4.69) is 32.4 Å². The number of hydrogen-bond donors (Lipinski definition) is 0. The molecule has 1 nitrogen and oxygen atoms in total. The van der Waals surface area contributed by atoms with Crippen LogP contribution in [0.2, 0.25) is 0 Å². The molecule has 0 aromatic rings. The molecule has 0 rings (SSSR count). The van der Waals surface area contributed by atoms with Crippen molar-refractivity contribution in [3.63, 3.8) is 0 Å². The van der Waals surface area contributed by atoms with Gasteiger partial charge in [0.15, 0.2) is 0 Å². The van der Waals surface area contributed by atoms with Crippen LogP contribution in [0, 0.1) is 0 Å². The maximum Gasteiger partial charge on any atom is 0.00613 e. The van der Waals surface area contributed by atoms with Crippen molar-refractivity contribution in [2.75, 3.05) is 13.6 Å². The second-order valence-electron chi connectivity index (χ2n) is 2.82. The molecular formula is C9H19N. The largest absolute Gasteiger partial charge is 0.303 e. The highest BCUT2D eigenvalue weighted by atomic mass is 15.1. The zero-order chi connectivity index (χ0) is 7.98. The maximum absolute atomic E-state index is 3.69. The van der Waals surface area contributed by atoms with Gasteiger partial charge < -0.3 is 4.90 Å². The minimum absolute atomic E-state index is 0.708. The molecule has 0 aliphatic rings. The van der Waals surface area contributed by atoms with Crippen LogP contribution in [-0.4, -0.2) is 24.5 Å². The standard InChI is InChI=1S/C9H19N/c1-5-7-8-10(4)9(3)6-2/h5,9H,1,6-8H2,2-4H3. The molecule has 0 aliphatic carbocycles. The van der Waals surface area contributed by atoms with Crippen LogP contribution in [0.25, 0.3) is 0 Å². The molecule has 1 unspecified atom stereocenters. The molecule has 0 aromatic carbocycles. The quantitative estimate of drug-likeness (QED) is 0.531. The predicted molar refractivity (Wildman–Crippen MR) is 47.2 cm³/mol. The molecule has 0 saturated heterocycles.